The third-order valence-electron chi connectivity index (χ3n) is 4.71. The molecular weight excluding hydrogens is 449 g/mol. The largest absolute Gasteiger partial charge is 0.416 e. The normalized spacial score (nSPS) is 16.5. The van der Waals surface area contributed by atoms with Crippen molar-refractivity contribution in [2.45, 2.75) is 32.0 Å². The van der Waals surface area contributed by atoms with Crippen molar-refractivity contribution in [3.8, 4) is 10.6 Å². The Morgan fingerprint density at radius 2 is 2.13 bits per heavy atom. The van der Waals surface area contributed by atoms with Gasteiger partial charge in [-0.1, -0.05) is 17.4 Å². The van der Waals surface area contributed by atoms with E-state index in [2.05, 4.69) is 20.6 Å². The van der Waals surface area contributed by atoms with Crippen LogP contribution in [0.15, 0.2) is 29.6 Å². The highest BCUT2D eigenvalue weighted by Gasteiger charge is 2.31. The zero-order valence-electron chi connectivity index (χ0n) is 16.5. The van der Waals surface area contributed by atoms with Crippen molar-refractivity contribution in [3.05, 3.63) is 46.5 Å². The van der Waals surface area contributed by atoms with E-state index in [1.807, 2.05) is 5.38 Å². The van der Waals surface area contributed by atoms with Gasteiger partial charge in [-0.3, -0.25) is 10.1 Å². The molecule has 1 atom stereocenters. The summed E-state index contributed by atoms with van der Waals surface area (Å²) in [6, 6.07) is 4.29. The molecule has 4 rings (SSSR count). The van der Waals surface area contributed by atoms with E-state index in [0.29, 0.717) is 17.4 Å². The van der Waals surface area contributed by atoms with E-state index in [-0.39, 0.29) is 11.7 Å². The third-order valence-corrected chi connectivity index (χ3v) is 6.61. The Hall–Kier alpha value is -2.50. The van der Waals surface area contributed by atoms with Crippen LogP contribution in [0.4, 0.5) is 23.4 Å². The molecule has 1 fully saturated rings. The van der Waals surface area contributed by atoms with Crippen LogP contribution in [0.5, 0.6) is 0 Å². The van der Waals surface area contributed by atoms with Gasteiger partial charge in [0.05, 0.1) is 27.9 Å². The fourth-order valence-corrected chi connectivity index (χ4v) is 4.87. The fraction of sp³-hybridized carbons (Fsp3) is 0.350. The minimum absolute atomic E-state index is 0.0847. The summed E-state index contributed by atoms with van der Waals surface area (Å²) in [5.74, 6) is -0.649. The van der Waals surface area contributed by atoms with Crippen molar-refractivity contribution in [3.63, 3.8) is 0 Å². The number of rotatable bonds is 6. The van der Waals surface area contributed by atoms with Gasteiger partial charge in [0.2, 0.25) is 0 Å². The van der Waals surface area contributed by atoms with Gasteiger partial charge in [0.1, 0.15) is 0 Å². The lowest BCUT2D eigenvalue weighted by Crippen LogP contribution is -2.18. The molecular formula is C20H19F3N4O2S2. The standard InChI is InChI=1S/C20H19F3N4O2S2/c1-11-16(15-10-30-18(26-15)24-9-14-6-3-7-29-14)31-19(25-11)27-17(28)12-4-2-5-13(8-12)20(21,22)23/h2,4-5,8,10,14H,3,6-7,9H2,1H3,(H,24,26)(H,25,27,28). The molecule has 0 spiro atoms. The van der Waals surface area contributed by atoms with Gasteiger partial charge in [0.15, 0.2) is 10.3 Å². The number of alkyl halides is 3. The van der Waals surface area contributed by atoms with Gasteiger partial charge >= 0.3 is 6.18 Å². The van der Waals surface area contributed by atoms with Gasteiger partial charge in [-0.15, -0.1) is 11.3 Å². The lowest BCUT2D eigenvalue weighted by Gasteiger charge is -2.09. The predicted molar refractivity (Wildman–Crippen MR) is 115 cm³/mol. The number of hydrogen-bond acceptors (Lipinski definition) is 7. The van der Waals surface area contributed by atoms with Crippen LogP contribution in [-0.2, 0) is 10.9 Å². The smallest absolute Gasteiger partial charge is 0.376 e. The Morgan fingerprint density at radius 1 is 1.29 bits per heavy atom. The van der Waals surface area contributed by atoms with Crippen molar-refractivity contribution < 1.29 is 22.7 Å². The molecule has 31 heavy (non-hydrogen) atoms. The molecule has 6 nitrogen and oxygen atoms in total. The Balaban J connectivity index is 1.44. The van der Waals surface area contributed by atoms with Crippen molar-refractivity contribution >= 4 is 38.8 Å². The number of thiazole rings is 2. The van der Waals surface area contributed by atoms with Crippen LogP contribution in [0.25, 0.3) is 10.6 Å². The number of carbonyl (C=O) groups excluding carboxylic acids is 1. The highest BCUT2D eigenvalue weighted by Crippen LogP contribution is 2.35. The SMILES string of the molecule is Cc1nc(NC(=O)c2cccc(C(F)(F)F)c2)sc1-c1csc(NCC2CCCO2)n1. The average Bonchev–Trinajstić information content (AvgIpc) is 3.47. The molecule has 1 amide bonds. The summed E-state index contributed by atoms with van der Waals surface area (Å²) in [4.78, 5) is 22.1. The van der Waals surface area contributed by atoms with Crippen molar-refractivity contribution in [2.75, 3.05) is 23.8 Å². The van der Waals surface area contributed by atoms with E-state index in [1.165, 1.54) is 34.8 Å². The summed E-state index contributed by atoms with van der Waals surface area (Å²) < 4.78 is 44.3. The second-order valence-corrected chi connectivity index (χ2v) is 8.88. The van der Waals surface area contributed by atoms with E-state index >= 15 is 0 Å². The minimum atomic E-state index is -4.51. The maximum atomic E-state index is 12.9. The van der Waals surface area contributed by atoms with Gasteiger partial charge in [0, 0.05) is 24.1 Å². The fourth-order valence-electron chi connectivity index (χ4n) is 3.16. The first-order valence-corrected chi connectivity index (χ1v) is 11.3. The number of carbonyl (C=O) groups is 1. The quantitative estimate of drug-likeness (QED) is 0.504. The van der Waals surface area contributed by atoms with Crippen LogP contribution in [-0.4, -0.2) is 35.1 Å². The summed E-state index contributed by atoms with van der Waals surface area (Å²) >= 11 is 2.70. The first-order chi connectivity index (χ1) is 14.8. The summed E-state index contributed by atoms with van der Waals surface area (Å²) in [5, 5.41) is 8.83. The van der Waals surface area contributed by atoms with Gasteiger partial charge in [-0.05, 0) is 38.0 Å². The monoisotopic (exact) mass is 468 g/mol. The van der Waals surface area contributed by atoms with E-state index in [0.717, 1.165) is 47.3 Å². The third kappa shape index (κ3) is 5.23. The van der Waals surface area contributed by atoms with Crippen LogP contribution in [0, 0.1) is 6.92 Å². The topological polar surface area (TPSA) is 76.1 Å². The predicted octanol–water partition coefficient (Wildman–Crippen LogP) is 5.44. The van der Waals surface area contributed by atoms with E-state index in [4.69, 9.17) is 4.74 Å². The number of nitrogens with one attached hydrogen (secondary N) is 2. The van der Waals surface area contributed by atoms with E-state index in [1.54, 1.807) is 6.92 Å². The number of ether oxygens (including phenoxy) is 1. The number of aromatic nitrogens is 2. The summed E-state index contributed by atoms with van der Waals surface area (Å²) in [7, 11) is 0. The molecule has 0 radical (unpaired) electrons. The zero-order valence-corrected chi connectivity index (χ0v) is 18.1. The molecule has 3 heterocycles. The Bertz CT molecular complexity index is 1070. The number of amides is 1. The van der Waals surface area contributed by atoms with Crippen molar-refractivity contribution in [2.24, 2.45) is 0 Å². The number of hydrogen-bond donors (Lipinski definition) is 2. The van der Waals surface area contributed by atoms with Crippen LogP contribution in [0.2, 0.25) is 0 Å². The average molecular weight is 469 g/mol. The molecule has 1 aliphatic heterocycles. The molecule has 11 heteroatoms. The molecule has 2 aromatic heterocycles. The molecule has 1 aliphatic rings. The summed E-state index contributed by atoms with van der Waals surface area (Å²) in [6.45, 7) is 3.29. The van der Waals surface area contributed by atoms with E-state index in [9.17, 15) is 18.0 Å². The van der Waals surface area contributed by atoms with Crippen LogP contribution < -0.4 is 10.6 Å². The molecule has 1 saturated heterocycles. The van der Waals surface area contributed by atoms with Crippen LogP contribution in [0.1, 0.15) is 34.5 Å². The second-order valence-electron chi connectivity index (χ2n) is 7.02. The number of anilines is 2. The minimum Gasteiger partial charge on any atom is -0.376 e. The zero-order chi connectivity index (χ0) is 22.0. The molecule has 164 valence electrons. The number of nitrogens with zero attached hydrogens (tertiary/aromatic N) is 2. The molecule has 3 aromatic rings. The number of halogens is 3. The Morgan fingerprint density at radius 3 is 2.87 bits per heavy atom. The first-order valence-electron chi connectivity index (χ1n) is 9.57. The summed E-state index contributed by atoms with van der Waals surface area (Å²) in [6.07, 6.45) is -2.20. The number of benzene rings is 1. The Kier molecular flexibility index (Phi) is 6.26. The van der Waals surface area contributed by atoms with E-state index < -0.39 is 17.6 Å². The van der Waals surface area contributed by atoms with Crippen molar-refractivity contribution in [1.29, 1.82) is 0 Å². The first kappa shape index (κ1) is 21.7. The highest BCUT2D eigenvalue weighted by atomic mass is 32.1. The molecule has 0 aliphatic carbocycles. The molecule has 0 bridgehead atoms. The van der Waals surface area contributed by atoms with Gasteiger partial charge < -0.3 is 10.1 Å². The van der Waals surface area contributed by atoms with Gasteiger partial charge in [-0.25, -0.2) is 9.97 Å². The lowest BCUT2D eigenvalue weighted by molar-refractivity contribution is -0.137. The molecule has 2 N–H and O–H groups in total. The van der Waals surface area contributed by atoms with Crippen LogP contribution >= 0.6 is 22.7 Å². The molecule has 1 unspecified atom stereocenters. The van der Waals surface area contributed by atoms with Crippen LogP contribution in [0.3, 0.4) is 0 Å². The van der Waals surface area contributed by atoms with Crippen molar-refractivity contribution in [1.82, 2.24) is 9.97 Å². The highest BCUT2D eigenvalue weighted by molar-refractivity contribution is 7.20. The molecule has 1 aromatic carbocycles. The maximum absolute atomic E-state index is 12.9. The maximum Gasteiger partial charge on any atom is 0.416 e. The Labute approximate surface area is 184 Å². The lowest BCUT2D eigenvalue weighted by atomic mass is 10.1. The summed E-state index contributed by atoms with van der Waals surface area (Å²) in [5.41, 5.74) is 0.454. The molecule has 0 saturated carbocycles. The number of aryl methyl sites for hydroxylation is 1. The van der Waals surface area contributed by atoms with Gasteiger partial charge in [-0.2, -0.15) is 13.2 Å². The second kappa shape index (κ2) is 8.93. The van der Waals surface area contributed by atoms with Gasteiger partial charge in [0.25, 0.3) is 5.91 Å².